The number of unbranched alkanes of at least 4 members (excludes halogenated alkanes) is 1. The van der Waals surface area contributed by atoms with Crippen LogP contribution in [0.4, 0.5) is 22.1 Å². The van der Waals surface area contributed by atoms with Gasteiger partial charge in [0.05, 0.1) is 18.7 Å². The fourth-order valence-corrected chi connectivity index (χ4v) is 14.0. The van der Waals surface area contributed by atoms with Gasteiger partial charge in [-0.1, -0.05) is 134 Å². The van der Waals surface area contributed by atoms with Crippen LogP contribution in [0.5, 0.6) is 23.3 Å². The maximum absolute atomic E-state index is 14.0. The molecule has 7 unspecified atom stereocenters. The van der Waals surface area contributed by atoms with Gasteiger partial charge in [0, 0.05) is 37.3 Å². The molecule has 23 nitrogen and oxygen atoms in total. The van der Waals surface area contributed by atoms with Crippen molar-refractivity contribution in [2.45, 2.75) is 171 Å². The molecule has 2 saturated carbocycles. The van der Waals surface area contributed by atoms with E-state index >= 15 is 0 Å². The molecule has 3 amide bonds. The number of aryl methyl sites for hydroxylation is 4. The summed E-state index contributed by atoms with van der Waals surface area (Å²) in [5, 5.41) is 13.6. The number of fused-ring (bicyclic) bond motifs is 3. The smallest absolute Gasteiger partial charge is 0.415 e. The first-order valence-corrected chi connectivity index (χ1v) is 35.8. The van der Waals surface area contributed by atoms with Crippen molar-refractivity contribution in [1.29, 1.82) is 0 Å². The number of carbonyl (C=O) groups excluding carboxylic acids is 6. The van der Waals surface area contributed by atoms with Crippen molar-refractivity contribution in [3.05, 3.63) is 146 Å². The number of alkyl halides is 2. The monoisotopic (exact) mass is 1420 g/mol. The Morgan fingerprint density at radius 3 is 1.76 bits per heavy atom. The second-order valence-electron chi connectivity index (χ2n) is 27.1. The first kappa shape index (κ1) is 75.6. The number of esters is 3. The van der Waals surface area contributed by atoms with Crippen LogP contribution in [0.15, 0.2) is 78.9 Å². The van der Waals surface area contributed by atoms with E-state index in [1.807, 2.05) is 129 Å². The van der Waals surface area contributed by atoms with E-state index in [1.165, 1.54) is 13.9 Å². The molecule has 536 valence electrons. The van der Waals surface area contributed by atoms with E-state index in [4.69, 9.17) is 69.8 Å². The summed E-state index contributed by atoms with van der Waals surface area (Å²) in [7, 11) is 0. The maximum Gasteiger partial charge on any atom is 0.415 e. The van der Waals surface area contributed by atoms with E-state index in [-0.39, 0.29) is 136 Å². The molecular weight excluding hydrogens is 1330 g/mol. The van der Waals surface area contributed by atoms with Crippen LogP contribution < -0.4 is 29.6 Å². The number of nitrogens with one attached hydrogen (secondary N) is 4. The topological polar surface area (TPSA) is 260 Å². The number of halogens is 2. The molecule has 2 aliphatic rings. The van der Waals surface area contributed by atoms with Crippen LogP contribution in [-0.2, 0) is 19.1 Å². The van der Waals surface area contributed by atoms with Gasteiger partial charge in [0.25, 0.3) is 23.2 Å². The Kier molecular flexibility index (Phi) is 25.6. The summed E-state index contributed by atoms with van der Waals surface area (Å²) in [6.45, 7) is 40.6. The van der Waals surface area contributed by atoms with Gasteiger partial charge < -0.3 is 38.6 Å². The zero-order valence-electron chi connectivity index (χ0n) is 59.5. The maximum atomic E-state index is 14.0. The second kappa shape index (κ2) is 34.2. The molecule has 4 aromatic carbocycles. The van der Waals surface area contributed by atoms with Crippen LogP contribution in [0.2, 0.25) is 0 Å². The molecule has 7 atom stereocenters. The van der Waals surface area contributed by atoms with Gasteiger partial charge in [-0.25, -0.2) is 42.9 Å². The Morgan fingerprint density at radius 2 is 1.21 bits per heavy atom. The van der Waals surface area contributed by atoms with Crippen LogP contribution in [0, 0.1) is 70.4 Å². The van der Waals surface area contributed by atoms with Crippen LogP contribution in [-0.4, -0.2) is 126 Å². The number of H-pyrrole nitrogens is 2. The molecule has 25 heteroatoms. The Balaban J connectivity index is 0.000000236. The Hall–Kier alpha value is -9.58. The number of carbonyl (C=O) groups is 6. The average Bonchev–Trinajstić information content (AvgIpc) is 1.60. The van der Waals surface area contributed by atoms with E-state index in [2.05, 4.69) is 56.3 Å². The van der Waals surface area contributed by atoms with E-state index in [0.717, 1.165) is 78.0 Å². The number of aromatic amines is 2. The molecule has 10 rings (SSSR count). The third-order valence-corrected chi connectivity index (χ3v) is 19.2. The van der Waals surface area contributed by atoms with Crippen LogP contribution >= 0.6 is 23.2 Å². The lowest BCUT2D eigenvalue weighted by atomic mass is 9.75. The van der Waals surface area contributed by atoms with Crippen molar-refractivity contribution in [3.8, 4) is 23.3 Å². The summed E-state index contributed by atoms with van der Waals surface area (Å²) in [5.74, 6) is -0.866. The van der Waals surface area contributed by atoms with Crippen molar-refractivity contribution >= 4 is 98.4 Å². The number of hydrogen-bond acceptors (Lipinski definition) is 14. The summed E-state index contributed by atoms with van der Waals surface area (Å²) in [6, 6.07) is 24.4. The SMILES string of the molecule is [C-]#[N+]c1c(C(=O)OC2C(C)CC(C)CC2C)c2nc(NC(=O)C(CCCC)Oc3ccc(C)cc3C)[nH]n2c1OC(=O)N(CCCl)CCCl.[C-]#[N+]c1c(C(=O)OC2C(C)CCCC2C)c2nc(C(C)CNC(=O)C(CC)Oc3ccc(C)cc3C)[nH]n2c1OC(=O)c1ccc2ccccc2c1. The van der Waals surface area contributed by atoms with Gasteiger partial charge in [-0.05, 0) is 148 Å². The predicted octanol–water partition coefficient (Wildman–Crippen LogP) is 16.2. The summed E-state index contributed by atoms with van der Waals surface area (Å²) < 4.78 is 38.6. The van der Waals surface area contributed by atoms with Crippen molar-refractivity contribution in [2.24, 2.45) is 29.6 Å². The summed E-state index contributed by atoms with van der Waals surface area (Å²) in [6.07, 6.45) is 4.14. The lowest BCUT2D eigenvalue weighted by molar-refractivity contribution is -0.128. The highest BCUT2D eigenvalue weighted by atomic mass is 35.5. The minimum absolute atomic E-state index is 0.0415. The van der Waals surface area contributed by atoms with Crippen LogP contribution in [0.1, 0.15) is 178 Å². The van der Waals surface area contributed by atoms with Gasteiger partial charge in [-0.2, -0.15) is 4.98 Å². The Bertz CT molecular complexity index is 4380. The number of ether oxygens (including phenoxy) is 6. The number of rotatable bonds is 25. The van der Waals surface area contributed by atoms with Crippen molar-refractivity contribution in [3.63, 3.8) is 0 Å². The number of benzene rings is 4. The number of nitrogens with zero attached hydrogens (tertiary/aromatic N) is 7. The largest absolute Gasteiger partial charge is 0.480 e. The Morgan fingerprint density at radius 1 is 0.663 bits per heavy atom. The molecule has 4 heterocycles. The van der Waals surface area contributed by atoms with E-state index in [9.17, 15) is 28.8 Å². The summed E-state index contributed by atoms with van der Waals surface area (Å²) in [4.78, 5) is 99.3. The zero-order valence-corrected chi connectivity index (χ0v) is 61.0. The van der Waals surface area contributed by atoms with E-state index in [0.29, 0.717) is 36.1 Å². The predicted molar refractivity (Wildman–Crippen MR) is 387 cm³/mol. The third kappa shape index (κ3) is 17.8. The van der Waals surface area contributed by atoms with E-state index in [1.54, 1.807) is 12.1 Å². The molecule has 2 aliphatic carbocycles. The Labute approximate surface area is 599 Å². The number of amides is 3. The molecule has 101 heavy (non-hydrogen) atoms. The van der Waals surface area contributed by atoms with Gasteiger partial charge in [0.2, 0.25) is 17.7 Å². The van der Waals surface area contributed by atoms with Crippen LogP contribution in [0.3, 0.4) is 0 Å². The minimum Gasteiger partial charge on any atom is -0.480 e. The lowest BCUT2D eigenvalue weighted by Crippen LogP contribution is -2.39. The fourth-order valence-electron chi connectivity index (χ4n) is 13.6. The van der Waals surface area contributed by atoms with E-state index < -0.39 is 42.1 Å². The lowest BCUT2D eigenvalue weighted by Gasteiger charge is -2.37. The molecule has 0 radical (unpaired) electrons. The van der Waals surface area contributed by atoms with Crippen molar-refractivity contribution in [2.75, 3.05) is 36.7 Å². The number of hydrogen-bond donors (Lipinski definition) is 4. The number of anilines is 1. The second-order valence-corrected chi connectivity index (χ2v) is 27.8. The summed E-state index contributed by atoms with van der Waals surface area (Å²) >= 11 is 11.8. The molecule has 8 aromatic rings. The van der Waals surface area contributed by atoms with Crippen molar-refractivity contribution < 1.29 is 57.2 Å². The minimum atomic E-state index is -0.845. The zero-order chi connectivity index (χ0) is 72.9. The molecule has 0 bridgehead atoms. The van der Waals surface area contributed by atoms with Crippen LogP contribution in [0.25, 0.3) is 31.8 Å². The molecule has 4 N–H and O–H groups in total. The molecule has 0 spiro atoms. The standard InChI is InChI=1S/C41H45N5O6.C35H46Cl2N6O6/c1-8-31(50-32-19-16-23(2)20-26(32)5)38(47)43-22-27(6)36-44-37-33(41(49)51-35-24(3)12-11-13-25(35)4)34(42-7)39(46(37)45-36)52-40(48)30-18-17-28-14-9-10-15-29(28)21-30;1-8-9-10-26(47-25-12-11-20(2)17-22(25)4)31(44)40-34-39-30-27(33(45)48-29-23(5)18-21(3)19-24(29)6)28(38-7)32(43(30)41-34)49-35(46)42(15-13-36)16-14-37/h9-10,14-21,24-25,27,31,35H,8,11-13,22H2,1-6H3,(H,43,47)(H,44,45);11-12,17,21,23-24,26,29H,8-10,13-16,18-19H2,1-6H3,(H2,39,40,41,44). The number of aromatic nitrogens is 6. The quantitative estimate of drug-likeness (QED) is 0.0236. The first-order chi connectivity index (χ1) is 48.4. The molecule has 2 fully saturated rings. The van der Waals surface area contributed by atoms with Crippen molar-refractivity contribution in [1.82, 2.24) is 39.4 Å². The molecule has 0 aliphatic heterocycles. The van der Waals surface area contributed by atoms with Gasteiger partial charge in [0.15, 0.2) is 23.5 Å². The molecule has 4 aromatic heterocycles. The van der Waals surface area contributed by atoms with Gasteiger partial charge in [0.1, 0.15) is 40.7 Å². The highest BCUT2D eigenvalue weighted by molar-refractivity contribution is 6.18. The van der Waals surface area contributed by atoms with Gasteiger partial charge in [-0.15, -0.1) is 23.2 Å². The highest BCUT2D eigenvalue weighted by Crippen LogP contribution is 2.43. The van der Waals surface area contributed by atoms with Gasteiger partial charge >= 0.3 is 24.0 Å². The molecular formula is C76H91Cl2N11O12. The third-order valence-electron chi connectivity index (χ3n) is 18.9. The average molecular weight is 1420 g/mol. The summed E-state index contributed by atoms with van der Waals surface area (Å²) in [5.41, 5.74) is 3.69. The highest BCUT2D eigenvalue weighted by Gasteiger charge is 2.40. The normalized spacial score (nSPS) is 19.0. The first-order valence-electron chi connectivity index (χ1n) is 34.7. The van der Waals surface area contributed by atoms with Gasteiger partial charge in [-0.3, -0.25) is 25.1 Å². The fraction of sp³-hybridized carbons (Fsp3) is 0.474. The molecule has 0 saturated heterocycles.